The number of hydrogen-bond donors (Lipinski definition) is 1. The lowest BCUT2D eigenvalue weighted by molar-refractivity contribution is -0.115. The Bertz CT molecular complexity index is 410. The Morgan fingerprint density at radius 2 is 2.06 bits per heavy atom. The van der Waals surface area contributed by atoms with Gasteiger partial charge in [-0.3, -0.25) is 4.79 Å². The number of alkyl halides is 3. The van der Waals surface area contributed by atoms with Crippen LogP contribution in [0, 0.1) is 0 Å². The maximum absolute atomic E-state index is 11.9. The molecule has 0 aromatic heterocycles. The zero-order valence-electron chi connectivity index (χ0n) is 9.58. The molecule has 0 unspecified atom stereocenters. The third-order valence-corrected chi connectivity index (χ3v) is 2.71. The fourth-order valence-electron chi connectivity index (χ4n) is 1.22. The summed E-state index contributed by atoms with van der Waals surface area (Å²) in [4.78, 5) is 11.4. The van der Waals surface area contributed by atoms with Crippen molar-refractivity contribution in [3.05, 3.63) is 24.3 Å². The van der Waals surface area contributed by atoms with Gasteiger partial charge in [0.1, 0.15) is 5.75 Å². The number of rotatable bonds is 5. The Balaban J connectivity index is 2.45. The maximum atomic E-state index is 11.9. The van der Waals surface area contributed by atoms with Gasteiger partial charge in [-0.15, -0.1) is 0 Å². The van der Waals surface area contributed by atoms with E-state index >= 15 is 0 Å². The average molecular weight is 279 g/mol. The molecule has 7 heteroatoms. The number of carbonyl (C=O) groups excluding carboxylic acids is 1. The van der Waals surface area contributed by atoms with Gasteiger partial charge in [0.15, 0.2) is 0 Å². The van der Waals surface area contributed by atoms with Crippen molar-refractivity contribution in [1.29, 1.82) is 0 Å². The quantitative estimate of drug-likeness (QED) is 0.899. The largest absolute Gasteiger partial charge is 0.495 e. The van der Waals surface area contributed by atoms with Gasteiger partial charge in [0.05, 0.1) is 12.8 Å². The molecule has 0 atom stereocenters. The van der Waals surface area contributed by atoms with Crippen LogP contribution in [0.25, 0.3) is 0 Å². The number of carbonyl (C=O) groups is 1. The third kappa shape index (κ3) is 5.31. The van der Waals surface area contributed by atoms with Gasteiger partial charge < -0.3 is 10.1 Å². The minimum Gasteiger partial charge on any atom is -0.495 e. The lowest BCUT2D eigenvalue weighted by Crippen LogP contribution is -2.14. The minimum atomic E-state index is -4.30. The van der Waals surface area contributed by atoms with Gasteiger partial charge in [-0.1, -0.05) is 23.9 Å². The van der Waals surface area contributed by atoms with Gasteiger partial charge in [0.2, 0.25) is 5.91 Å². The molecule has 0 spiro atoms. The minimum absolute atomic E-state index is 0.206. The lowest BCUT2D eigenvalue weighted by atomic mass is 10.3. The number of anilines is 1. The van der Waals surface area contributed by atoms with Crippen LogP contribution in [0.3, 0.4) is 0 Å². The van der Waals surface area contributed by atoms with Gasteiger partial charge in [-0.05, 0) is 12.1 Å². The van der Waals surface area contributed by atoms with Crippen LogP contribution in [0.2, 0.25) is 0 Å². The topological polar surface area (TPSA) is 38.3 Å². The second-order valence-corrected chi connectivity index (χ2v) is 4.45. The van der Waals surface area contributed by atoms with E-state index in [9.17, 15) is 18.0 Å². The van der Waals surface area contributed by atoms with Crippen molar-refractivity contribution in [2.24, 2.45) is 0 Å². The Morgan fingerprint density at radius 3 is 2.67 bits per heavy atom. The van der Waals surface area contributed by atoms with Crippen LogP contribution >= 0.6 is 11.8 Å². The van der Waals surface area contributed by atoms with Crippen molar-refractivity contribution in [3.63, 3.8) is 0 Å². The van der Waals surface area contributed by atoms with E-state index in [1.165, 1.54) is 7.11 Å². The van der Waals surface area contributed by atoms with Gasteiger partial charge in [0, 0.05) is 12.2 Å². The number of para-hydroxylation sites is 2. The smallest absolute Gasteiger partial charge is 0.441 e. The Morgan fingerprint density at radius 1 is 1.39 bits per heavy atom. The normalized spacial score (nSPS) is 11.1. The second kappa shape index (κ2) is 6.53. The summed E-state index contributed by atoms with van der Waals surface area (Å²) < 4.78 is 40.6. The van der Waals surface area contributed by atoms with Crippen LogP contribution in [-0.2, 0) is 4.79 Å². The highest BCUT2D eigenvalue weighted by atomic mass is 32.2. The molecule has 1 aromatic carbocycles. The molecule has 100 valence electrons. The molecule has 1 aromatic rings. The van der Waals surface area contributed by atoms with E-state index in [1.807, 2.05) is 0 Å². The molecule has 1 rings (SSSR count). The number of methoxy groups -OCH3 is 1. The maximum Gasteiger partial charge on any atom is 0.441 e. The predicted molar refractivity (Wildman–Crippen MR) is 64.8 cm³/mol. The molecule has 0 aliphatic rings. The predicted octanol–water partition coefficient (Wildman–Crippen LogP) is 3.28. The molecule has 0 saturated heterocycles. The first-order valence-electron chi connectivity index (χ1n) is 5.06. The summed E-state index contributed by atoms with van der Waals surface area (Å²) in [7, 11) is 1.45. The number of hydrogen-bond acceptors (Lipinski definition) is 3. The standard InChI is InChI=1S/C11H12F3NO2S/c1-17-9-5-3-2-4-8(9)15-10(16)6-7-18-11(12,13)14/h2-5H,6-7H2,1H3,(H,15,16). The highest BCUT2D eigenvalue weighted by Crippen LogP contribution is 2.30. The van der Waals surface area contributed by atoms with Crippen molar-refractivity contribution >= 4 is 23.4 Å². The first-order chi connectivity index (χ1) is 8.42. The molecular formula is C11H12F3NO2S. The van der Waals surface area contributed by atoms with E-state index < -0.39 is 11.4 Å². The Kier molecular flexibility index (Phi) is 5.33. The van der Waals surface area contributed by atoms with Crippen LogP contribution in [0.5, 0.6) is 5.75 Å². The van der Waals surface area contributed by atoms with E-state index in [0.29, 0.717) is 11.4 Å². The van der Waals surface area contributed by atoms with E-state index in [4.69, 9.17) is 4.74 Å². The summed E-state index contributed by atoms with van der Waals surface area (Å²) in [5.74, 6) is -0.310. The fraction of sp³-hybridized carbons (Fsp3) is 0.364. The number of halogens is 3. The number of thioether (sulfide) groups is 1. The zero-order chi connectivity index (χ0) is 13.6. The van der Waals surface area contributed by atoms with Gasteiger partial charge >= 0.3 is 5.51 Å². The van der Waals surface area contributed by atoms with Crippen LogP contribution < -0.4 is 10.1 Å². The Labute approximate surface area is 107 Å². The molecule has 3 nitrogen and oxygen atoms in total. The molecule has 0 aliphatic carbocycles. The lowest BCUT2D eigenvalue weighted by Gasteiger charge is -2.10. The average Bonchev–Trinajstić information content (AvgIpc) is 2.28. The van der Waals surface area contributed by atoms with Crippen molar-refractivity contribution < 1.29 is 22.7 Å². The first-order valence-corrected chi connectivity index (χ1v) is 6.04. The fourth-order valence-corrected chi connectivity index (χ4v) is 1.74. The molecule has 1 N–H and O–H groups in total. The SMILES string of the molecule is COc1ccccc1NC(=O)CCSC(F)(F)F. The monoisotopic (exact) mass is 279 g/mol. The highest BCUT2D eigenvalue weighted by Gasteiger charge is 2.27. The molecule has 18 heavy (non-hydrogen) atoms. The zero-order valence-corrected chi connectivity index (χ0v) is 10.4. The van der Waals surface area contributed by atoms with Gasteiger partial charge in [-0.25, -0.2) is 0 Å². The van der Waals surface area contributed by atoms with Crippen LogP contribution in [0.1, 0.15) is 6.42 Å². The molecule has 0 bridgehead atoms. The molecule has 0 fully saturated rings. The molecule has 0 heterocycles. The van der Waals surface area contributed by atoms with E-state index in [2.05, 4.69) is 5.32 Å². The van der Waals surface area contributed by atoms with E-state index in [-0.39, 0.29) is 23.9 Å². The summed E-state index contributed by atoms with van der Waals surface area (Å²) in [6, 6.07) is 6.70. The Hall–Kier alpha value is -1.37. The first kappa shape index (κ1) is 14.7. The van der Waals surface area contributed by atoms with Gasteiger partial charge in [-0.2, -0.15) is 13.2 Å². The van der Waals surface area contributed by atoms with E-state index in [0.717, 1.165) is 0 Å². The molecular weight excluding hydrogens is 267 g/mol. The summed E-state index contributed by atoms with van der Waals surface area (Å²) in [6.45, 7) is 0. The summed E-state index contributed by atoms with van der Waals surface area (Å²) in [6.07, 6.45) is -0.206. The molecule has 0 aliphatic heterocycles. The summed E-state index contributed by atoms with van der Waals surface area (Å²) >= 11 is -0.210. The molecule has 0 saturated carbocycles. The van der Waals surface area contributed by atoms with Gasteiger partial charge in [0.25, 0.3) is 0 Å². The summed E-state index contributed by atoms with van der Waals surface area (Å²) in [5, 5.41) is 2.50. The molecule has 0 radical (unpaired) electrons. The molecule has 1 amide bonds. The van der Waals surface area contributed by atoms with E-state index in [1.54, 1.807) is 24.3 Å². The van der Waals surface area contributed by atoms with Crippen molar-refractivity contribution in [3.8, 4) is 5.75 Å². The van der Waals surface area contributed by atoms with Crippen LogP contribution in [-0.4, -0.2) is 24.3 Å². The number of benzene rings is 1. The third-order valence-electron chi connectivity index (χ3n) is 1.98. The number of nitrogens with one attached hydrogen (secondary N) is 1. The summed E-state index contributed by atoms with van der Waals surface area (Å²) in [5.41, 5.74) is -3.85. The van der Waals surface area contributed by atoms with Crippen LogP contribution in [0.4, 0.5) is 18.9 Å². The second-order valence-electron chi connectivity index (χ2n) is 3.29. The highest BCUT2D eigenvalue weighted by molar-refractivity contribution is 8.00. The number of ether oxygens (including phenoxy) is 1. The van der Waals surface area contributed by atoms with Crippen molar-refractivity contribution in [2.45, 2.75) is 11.9 Å². The number of amides is 1. The van der Waals surface area contributed by atoms with Crippen LogP contribution in [0.15, 0.2) is 24.3 Å². The van der Waals surface area contributed by atoms with Crippen molar-refractivity contribution in [1.82, 2.24) is 0 Å². The van der Waals surface area contributed by atoms with Crippen molar-refractivity contribution in [2.75, 3.05) is 18.2 Å².